The number of rotatable bonds is 5. The highest BCUT2D eigenvalue weighted by Crippen LogP contribution is 2.37. The molecule has 0 N–H and O–H groups in total. The molecule has 1 aromatic carbocycles. The van der Waals surface area contributed by atoms with Crippen molar-refractivity contribution in [3.63, 3.8) is 0 Å². The smallest absolute Gasteiger partial charge is 0.179 e. The van der Waals surface area contributed by atoms with Crippen LogP contribution in [-0.2, 0) is 18.6 Å². The maximum absolute atomic E-state index is 15.3. The van der Waals surface area contributed by atoms with E-state index in [0.29, 0.717) is 37.5 Å². The van der Waals surface area contributed by atoms with Gasteiger partial charge in [-0.25, -0.2) is 4.39 Å². The monoisotopic (exact) mass is 398 g/mol. The number of aromatic nitrogens is 3. The Bertz CT molecular complexity index is 975. The van der Waals surface area contributed by atoms with Crippen molar-refractivity contribution in [3.8, 4) is 0 Å². The average molecular weight is 399 g/mol. The first-order chi connectivity index (χ1) is 13.6. The zero-order valence-electron chi connectivity index (χ0n) is 15.8. The number of pyridine rings is 1. The molecule has 0 bridgehead atoms. The third-order valence-corrected chi connectivity index (χ3v) is 6.58. The Morgan fingerprint density at radius 1 is 1.07 bits per heavy atom. The molecule has 0 radical (unpaired) electrons. The first-order valence-electron chi connectivity index (χ1n) is 10.1. The van der Waals surface area contributed by atoms with Gasteiger partial charge in [0.2, 0.25) is 0 Å². The van der Waals surface area contributed by atoms with Crippen molar-refractivity contribution in [2.75, 3.05) is 13.1 Å². The lowest BCUT2D eigenvalue weighted by atomic mass is 9.86. The zero-order chi connectivity index (χ0) is 19.1. The first kappa shape index (κ1) is 18.1. The summed E-state index contributed by atoms with van der Waals surface area (Å²) >= 11 is 6.65. The fourth-order valence-corrected chi connectivity index (χ4v) is 4.44. The van der Waals surface area contributed by atoms with E-state index >= 15 is 4.39 Å². The molecular formula is C22H24ClFN4. The van der Waals surface area contributed by atoms with Crippen LogP contribution in [0.25, 0.3) is 5.65 Å². The third kappa shape index (κ3) is 3.42. The quantitative estimate of drug-likeness (QED) is 0.619. The van der Waals surface area contributed by atoms with Gasteiger partial charge in [0.05, 0.1) is 5.02 Å². The van der Waals surface area contributed by atoms with Gasteiger partial charge in [-0.2, -0.15) is 0 Å². The number of hydrogen-bond acceptors (Lipinski definition) is 3. The van der Waals surface area contributed by atoms with Crippen LogP contribution in [0.15, 0.2) is 42.6 Å². The van der Waals surface area contributed by atoms with Crippen LogP contribution < -0.4 is 0 Å². The molecule has 2 fully saturated rings. The predicted octanol–water partition coefficient (Wildman–Crippen LogP) is 4.80. The molecule has 2 aliphatic rings. The van der Waals surface area contributed by atoms with Crippen LogP contribution in [0.2, 0.25) is 5.02 Å². The largest absolute Gasteiger partial charge is 0.299 e. The van der Waals surface area contributed by atoms with Gasteiger partial charge in [0.15, 0.2) is 5.65 Å². The third-order valence-electron chi connectivity index (χ3n) is 6.17. The number of piperidine rings is 1. The molecule has 0 spiro atoms. The van der Waals surface area contributed by atoms with E-state index in [4.69, 9.17) is 11.6 Å². The van der Waals surface area contributed by atoms with Crippen LogP contribution in [0, 0.1) is 5.92 Å². The van der Waals surface area contributed by atoms with E-state index in [2.05, 4.69) is 21.2 Å². The molecule has 5 rings (SSSR count). The van der Waals surface area contributed by atoms with Crippen molar-refractivity contribution in [3.05, 3.63) is 64.6 Å². The summed E-state index contributed by atoms with van der Waals surface area (Å²) in [6, 6.07) is 11.6. The number of likely N-dealkylation sites (tertiary alicyclic amines) is 1. The molecule has 1 saturated heterocycles. The minimum Gasteiger partial charge on any atom is -0.299 e. The van der Waals surface area contributed by atoms with Crippen molar-refractivity contribution < 1.29 is 4.39 Å². The molecule has 1 saturated carbocycles. The maximum Gasteiger partial charge on any atom is 0.179 e. The molecule has 28 heavy (non-hydrogen) atoms. The maximum atomic E-state index is 15.3. The van der Waals surface area contributed by atoms with Crippen molar-refractivity contribution in [2.45, 2.75) is 44.3 Å². The molecule has 3 aromatic rings. The molecule has 0 amide bonds. The normalized spacial score (nSPS) is 19.9. The van der Waals surface area contributed by atoms with E-state index in [9.17, 15) is 0 Å². The lowest BCUT2D eigenvalue weighted by Gasteiger charge is -2.36. The molecule has 146 valence electrons. The zero-order valence-corrected chi connectivity index (χ0v) is 16.6. The van der Waals surface area contributed by atoms with Crippen molar-refractivity contribution >= 4 is 17.2 Å². The molecule has 4 nitrogen and oxygen atoms in total. The fraction of sp³-hybridized carbons (Fsp3) is 0.455. The second-order valence-electron chi connectivity index (χ2n) is 8.22. The Hall–Kier alpha value is -1.98. The molecule has 6 heteroatoms. The van der Waals surface area contributed by atoms with Gasteiger partial charge in [-0.15, -0.1) is 10.2 Å². The van der Waals surface area contributed by atoms with Crippen LogP contribution in [-0.4, -0.2) is 32.6 Å². The van der Waals surface area contributed by atoms with E-state index in [0.717, 1.165) is 34.9 Å². The number of fused-ring (bicyclic) bond motifs is 1. The highest BCUT2D eigenvalue weighted by Gasteiger charge is 2.36. The summed E-state index contributed by atoms with van der Waals surface area (Å²) in [6.45, 7) is 2.14. The first-order valence-corrected chi connectivity index (χ1v) is 10.5. The molecule has 1 aliphatic carbocycles. The standard InChI is InChI=1S/C22H24ClFN4/c23-20-17(8-11-28-19(14-16-6-7-16)25-26-21(20)28)15-27-12-9-22(24,10-13-27)18-4-2-1-3-5-18/h1-5,8,11,16H,6-7,9-10,12-15H2. The highest BCUT2D eigenvalue weighted by molar-refractivity contribution is 6.34. The molecule has 2 aromatic heterocycles. The summed E-state index contributed by atoms with van der Waals surface area (Å²) in [4.78, 5) is 2.28. The summed E-state index contributed by atoms with van der Waals surface area (Å²) in [7, 11) is 0. The van der Waals surface area contributed by atoms with Crippen molar-refractivity contribution in [1.29, 1.82) is 0 Å². The Morgan fingerprint density at radius 2 is 1.82 bits per heavy atom. The molecule has 0 atom stereocenters. The Balaban J connectivity index is 1.29. The lowest BCUT2D eigenvalue weighted by molar-refractivity contribution is 0.0526. The van der Waals surface area contributed by atoms with E-state index in [1.165, 1.54) is 12.8 Å². The second-order valence-corrected chi connectivity index (χ2v) is 8.60. The van der Waals surface area contributed by atoms with E-state index in [1.54, 1.807) is 0 Å². The van der Waals surface area contributed by atoms with Gasteiger partial charge in [0, 0.05) is 32.3 Å². The minimum atomic E-state index is -1.23. The van der Waals surface area contributed by atoms with Gasteiger partial charge in [-0.1, -0.05) is 41.9 Å². The van der Waals surface area contributed by atoms with Crippen LogP contribution >= 0.6 is 11.6 Å². The van der Waals surface area contributed by atoms with Crippen LogP contribution in [0.4, 0.5) is 4.39 Å². The second kappa shape index (κ2) is 7.12. The molecule has 0 unspecified atom stereocenters. The number of nitrogens with zero attached hydrogens (tertiary/aromatic N) is 4. The van der Waals surface area contributed by atoms with E-state index < -0.39 is 5.67 Å². The number of halogens is 2. The number of benzene rings is 1. The number of hydrogen-bond donors (Lipinski definition) is 0. The predicted molar refractivity (Wildman–Crippen MR) is 108 cm³/mol. The summed E-state index contributed by atoms with van der Waals surface area (Å²) in [5, 5.41) is 9.32. The Labute approximate surface area is 169 Å². The Morgan fingerprint density at radius 3 is 2.54 bits per heavy atom. The van der Waals surface area contributed by atoms with Gasteiger partial charge >= 0.3 is 0 Å². The van der Waals surface area contributed by atoms with Gasteiger partial charge in [0.25, 0.3) is 0 Å². The van der Waals surface area contributed by atoms with Crippen LogP contribution in [0.1, 0.15) is 42.6 Å². The highest BCUT2D eigenvalue weighted by atomic mass is 35.5. The van der Waals surface area contributed by atoms with Crippen molar-refractivity contribution in [2.24, 2.45) is 5.92 Å². The lowest BCUT2D eigenvalue weighted by Crippen LogP contribution is -2.39. The van der Waals surface area contributed by atoms with E-state index in [-0.39, 0.29) is 0 Å². The summed E-state index contributed by atoms with van der Waals surface area (Å²) in [5.74, 6) is 1.75. The van der Waals surface area contributed by atoms with Gasteiger partial charge in [0.1, 0.15) is 11.5 Å². The fourth-order valence-electron chi connectivity index (χ4n) is 4.18. The average Bonchev–Trinajstić information content (AvgIpc) is 3.45. The van der Waals surface area contributed by atoms with Crippen LogP contribution in [0.5, 0.6) is 0 Å². The van der Waals surface area contributed by atoms with Gasteiger partial charge < -0.3 is 0 Å². The van der Waals surface area contributed by atoms with E-state index in [1.807, 2.05) is 40.9 Å². The molecule has 1 aliphatic heterocycles. The number of alkyl halides is 1. The SMILES string of the molecule is FC1(c2ccccc2)CCN(Cc2ccn3c(CC4CC4)nnc3c2Cl)CC1. The topological polar surface area (TPSA) is 33.4 Å². The molecular weight excluding hydrogens is 375 g/mol. The summed E-state index contributed by atoms with van der Waals surface area (Å²) < 4.78 is 17.4. The molecule has 3 heterocycles. The Kier molecular flexibility index (Phi) is 4.60. The van der Waals surface area contributed by atoms with Crippen molar-refractivity contribution in [1.82, 2.24) is 19.5 Å². The summed E-state index contributed by atoms with van der Waals surface area (Å²) in [6.07, 6.45) is 6.59. The van der Waals surface area contributed by atoms with Gasteiger partial charge in [-0.3, -0.25) is 9.30 Å². The van der Waals surface area contributed by atoms with Crippen LogP contribution in [0.3, 0.4) is 0 Å². The summed E-state index contributed by atoms with van der Waals surface area (Å²) in [5.41, 5.74) is 1.33. The van der Waals surface area contributed by atoms with Gasteiger partial charge in [-0.05, 0) is 48.8 Å². The minimum absolute atomic E-state index is 0.507.